The number of nitrogens with zero attached hydrogens (tertiary/aromatic N) is 2. The van der Waals surface area contributed by atoms with Gasteiger partial charge in [0.05, 0.1) is 20.3 Å². The third kappa shape index (κ3) is 3.49. The zero-order valence-corrected chi connectivity index (χ0v) is 16.1. The number of carbonyl (C=O) groups is 3. The predicted octanol–water partition coefficient (Wildman–Crippen LogP) is 0.286. The van der Waals surface area contributed by atoms with E-state index >= 15 is 0 Å². The Labute approximate surface area is 161 Å². The zero-order valence-electron chi connectivity index (χ0n) is 16.1. The number of aromatic nitrogens is 1. The fourth-order valence-electron chi connectivity index (χ4n) is 3.45. The number of fused-ring (bicyclic) bond motifs is 2. The molecular weight excluding hydrogens is 371 g/mol. The van der Waals surface area contributed by atoms with Crippen LogP contribution in [0.2, 0.25) is 6.82 Å². The van der Waals surface area contributed by atoms with Gasteiger partial charge in [0.1, 0.15) is 5.56 Å². The Balaban J connectivity index is 2.01. The maximum Gasteiger partial charge on any atom is 0.595 e. The Kier molecular flexibility index (Phi) is 5.46. The lowest BCUT2D eigenvalue weighted by Crippen LogP contribution is -2.57. The van der Waals surface area contributed by atoms with Crippen molar-refractivity contribution in [3.8, 4) is 5.75 Å². The first-order valence-electron chi connectivity index (χ1n) is 8.88. The van der Waals surface area contributed by atoms with Crippen molar-refractivity contribution < 1.29 is 33.2 Å². The van der Waals surface area contributed by atoms with Gasteiger partial charge in [0.15, 0.2) is 17.7 Å². The summed E-state index contributed by atoms with van der Waals surface area (Å²) in [5, 5.41) is 0. The molecule has 2 aliphatic heterocycles. The molecule has 0 radical (unpaired) electrons. The lowest BCUT2D eigenvalue weighted by molar-refractivity contribution is -0.133. The molecule has 0 unspecified atom stereocenters. The Morgan fingerprint density at radius 2 is 2.00 bits per heavy atom. The highest BCUT2D eigenvalue weighted by Gasteiger charge is 2.41. The van der Waals surface area contributed by atoms with Crippen LogP contribution >= 0.6 is 0 Å². The molecule has 1 aromatic heterocycles. The molecule has 150 valence electrons. The van der Waals surface area contributed by atoms with Crippen molar-refractivity contribution in [3.05, 3.63) is 27.7 Å². The molecule has 11 heteroatoms. The van der Waals surface area contributed by atoms with E-state index in [1.807, 2.05) is 6.92 Å². The highest BCUT2D eigenvalue weighted by Crippen LogP contribution is 2.29. The number of amides is 1. The van der Waals surface area contributed by atoms with Crippen molar-refractivity contribution in [2.24, 2.45) is 0 Å². The van der Waals surface area contributed by atoms with E-state index in [1.165, 1.54) is 31.6 Å². The molecule has 0 bridgehead atoms. The number of ether oxygens (including phenoxy) is 2. The Morgan fingerprint density at radius 1 is 1.29 bits per heavy atom. The second kappa shape index (κ2) is 7.66. The summed E-state index contributed by atoms with van der Waals surface area (Å²) in [7, 11) is 0.0833. The largest absolute Gasteiger partial charge is 0.595 e. The van der Waals surface area contributed by atoms with Crippen LogP contribution in [0.25, 0.3) is 0 Å². The Bertz CT molecular complexity index is 883. The van der Waals surface area contributed by atoms with Crippen LogP contribution in [-0.2, 0) is 25.4 Å². The Hall–Kier alpha value is -2.82. The van der Waals surface area contributed by atoms with Gasteiger partial charge in [-0.3, -0.25) is 14.4 Å². The highest BCUT2D eigenvalue weighted by atomic mass is 16.6. The van der Waals surface area contributed by atoms with Crippen LogP contribution in [0, 0.1) is 0 Å². The number of hydrogen-bond acceptors (Lipinski definition) is 8. The summed E-state index contributed by atoms with van der Waals surface area (Å²) < 4.78 is 22.1. The van der Waals surface area contributed by atoms with E-state index in [4.69, 9.17) is 18.8 Å². The first-order valence-corrected chi connectivity index (χ1v) is 8.88. The summed E-state index contributed by atoms with van der Waals surface area (Å²) in [5.74, 6) is -2.25. The van der Waals surface area contributed by atoms with Gasteiger partial charge in [-0.1, -0.05) is 0 Å². The molecule has 1 aromatic rings. The average molecular weight is 392 g/mol. The van der Waals surface area contributed by atoms with E-state index in [1.54, 1.807) is 4.90 Å². The number of pyridine rings is 1. The third-order valence-corrected chi connectivity index (χ3v) is 4.69. The topological polar surface area (TPSA) is 113 Å². The van der Waals surface area contributed by atoms with Gasteiger partial charge in [0.2, 0.25) is 5.43 Å². The summed E-state index contributed by atoms with van der Waals surface area (Å²) in [6.45, 7) is 5.18. The van der Waals surface area contributed by atoms with Crippen LogP contribution in [0.5, 0.6) is 5.75 Å². The minimum atomic E-state index is -1.17. The van der Waals surface area contributed by atoms with Crippen molar-refractivity contribution in [2.45, 2.75) is 45.9 Å². The maximum atomic E-state index is 13.0. The van der Waals surface area contributed by atoms with E-state index in [0.29, 0.717) is 13.0 Å². The van der Waals surface area contributed by atoms with Gasteiger partial charge in [0.25, 0.3) is 11.9 Å². The SMILES string of the molecule is COc1c2n(cc(C(=O)OB(C)OC(C)=O)c1=O)C[C@@H]1OCC[C@@H](C)N1C2=O. The minimum absolute atomic E-state index is 0.0472. The number of carbonyl (C=O) groups excluding carboxylic acids is 3. The van der Waals surface area contributed by atoms with Gasteiger partial charge in [-0.05, 0) is 20.2 Å². The summed E-state index contributed by atoms with van der Waals surface area (Å²) in [4.78, 5) is 50.7. The maximum absolute atomic E-state index is 13.0. The molecule has 0 spiro atoms. The fraction of sp³-hybridized carbons (Fsp3) is 0.529. The molecule has 10 nitrogen and oxygen atoms in total. The van der Waals surface area contributed by atoms with Crippen LogP contribution in [0.3, 0.4) is 0 Å². The van der Waals surface area contributed by atoms with E-state index in [0.717, 1.165) is 0 Å². The molecule has 1 fully saturated rings. The Morgan fingerprint density at radius 3 is 2.64 bits per heavy atom. The molecule has 3 rings (SSSR count). The predicted molar refractivity (Wildman–Crippen MR) is 96.0 cm³/mol. The lowest BCUT2D eigenvalue weighted by atomic mass is 9.95. The monoisotopic (exact) mass is 392 g/mol. The van der Waals surface area contributed by atoms with E-state index in [2.05, 4.69) is 0 Å². The first-order chi connectivity index (χ1) is 13.2. The van der Waals surface area contributed by atoms with Crippen LogP contribution < -0.4 is 10.2 Å². The van der Waals surface area contributed by atoms with E-state index < -0.39 is 36.6 Å². The van der Waals surface area contributed by atoms with Gasteiger partial charge in [-0.2, -0.15) is 0 Å². The summed E-state index contributed by atoms with van der Waals surface area (Å²) in [5.41, 5.74) is -1.04. The molecule has 3 heterocycles. The van der Waals surface area contributed by atoms with Crippen LogP contribution in [0.1, 0.15) is 41.1 Å². The molecule has 2 aliphatic rings. The van der Waals surface area contributed by atoms with Gasteiger partial charge < -0.3 is 28.2 Å². The van der Waals surface area contributed by atoms with Crippen LogP contribution in [0.15, 0.2) is 11.0 Å². The van der Waals surface area contributed by atoms with E-state index in [9.17, 15) is 19.2 Å². The van der Waals surface area contributed by atoms with Gasteiger partial charge in [0, 0.05) is 19.2 Å². The molecule has 1 amide bonds. The smallest absolute Gasteiger partial charge is 0.500 e. The first kappa shape index (κ1) is 19.9. The van der Waals surface area contributed by atoms with Gasteiger partial charge in [-0.25, -0.2) is 4.79 Å². The zero-order chi connectivity index (χ0) is 20.6. The summed E-state index contributed by atoms with van der Waals surface area (Å²) >= 11 is 0. The van der Waals surface area contributed by atoms with Gasteiger partial charge in [-0.15, -0.1) is 0 Å². The molecule has 28 heavy (non-hydrogen) atoms. The minimum Gasteiger partial charge on any atom is -0.500 e. The molecule has 0 aromatic carbocycles. The number of methoxy groups -OCH3 is 1. The standard InChI is InChI=1S/C17H21BN2O8/c1-9-5-6-26-12-8-19-7-11(17(24)28-18(3)27-10(2)21)14(22)15(25-4)13(19)16(23)20(9)12/h7,9,12H,5-6,8H2,1-4H3/t9-,12+/m1/s1. The average Bonchev–Trinajstić information content (AvgIpc) is 2.61. The van der Waals surface area contributed by atoms with Crippen molar-refractivity contribution in [1.82, 2.24) is 9.47 Å². The quantitative estimate of drug-likeness (QED) is 0.672. The van der Waals surface area contributed by atoms with Crippen molar-refractivity contribution in [3.63, 3.8) is 0 Å². The molecule has 0 aliphatic carbocycles. The molecule has 0 saturated carbocycles. The number of rotatable bonds is 4. The molecule has 0 N–H and O–H groups in total. The molecule has 2 atom stereocenters. The highest BCUT2D eigenvalue weighted by molar-refractivity contribution is 6.47. The molecule has 1 saturated heterocycles. The third-order valence-electron chi connectivity index (χ3n) is 4.69. The summed E-state index contributed by atoms with van der Waals surface area (Å²) in [6, 6.07) is -0.0472. The van der Waals surface area contributed by atoms with Crippen molar-refractivity contribution in [2.75, 3.05) is 13.7 Å². The normalized spacial score (nSPS) is 20.7. The van der Waals surface area contributed by atoms with E-state index in [-0.39, 0.29) is 29.6 Å². The number of hydrogen-bond donors (Lipinski definition) is 0. The second-order valence-electron chi connectivity index (χ2n) is 6.66. The summed E-state index contributed by atoms with van der Waals surface area (Å²) in [6.07, 6.45) is 1.44. The van der Waals surface area contributed by atoms with Crippen molar-refractivity contribution >= 4 is 25.0 Å². The van der Waals surface area contributed by atoms with Crippen LogP contribution in [0.4, 0.5) is 0 Å². The van der Waals surface area contributed by atoms with Crippen molar-refractivity contribution in [1.29, 1.82) is 0 Å². The molecular formula is C17H21BN2O8. The van der Waals surface area contributed by atoms with Crippen LogP contribution in [-0.4, -0.2) is 60.4 Å². The second-order valence-corrected chi connectivity index (χ2v) is 6.66. The lowest BCUT2D eigenvalue weighted by Gasteiger charge is -2.44. The van der Waals surface area contributed by atoms with Gasteiger partial charge >= 0.3 is 13.1 Å². The fourth-order valence-corrected chi connectivity index (χ4v) is 3.45.